The Morgan fingerprint density at radius 1 is 1.04 bits per heavy atom. The van der Waals surface area contributed by atoms with Crippen LogP contribution in [0.5, 0.6) is 17.2 Å². The molecule has 0 aliphatic rings. The molecule has 0 unspecified atom stereocenters. The first-order chi connectivity index (χ1) is 12.1. The topological polar surface area (TPSA) is 72.6 Å². The van der Waals surface area contributed by atoms with Crippen molar-refractivity contribution in [3.63, 3.8) is 0 Å². The summed E-state index contributed by atoms with van der Waals surface area (Å²) < 4.78 is 29.1. The van der Waals surface area contributed by atoms with E-state index in [0.29, 0.717) is 39.4 Å². The molecule has 130 valence electrons. The highest BCUT2D eigenvalue weighted by Crippen LogP contribution is 2.44. The number of amides is 1. The molecule has 3 aromatic rings. The van der Waals surface area contributed by atoms with Gasteiger partial charge in [0.05, 0.1) is 37.8 Å². The molecule has 0 atom stereocenters. The summed E-state index contributed by atoms with van der Waals surface area (Å²) >= 11 is 0. The van der Waals surface area contributed by atoms with Crippen LogP contribution in [0.1, 0.15) is 10.4 Å². The fourth-order valence-corrected chi connectivity index (χ4v) is 2.67. The molecule has 0 aliphatic heterocycles. The van der Waals surface area contributed by atoms with Crippen LogP contribution >= 0.6 is 0 Å². The second-order valence-electron chi connectivity index (χ2n) is 5.23. The Balaban J connectivity index is 2.07. The molecule has 0 saturated heterocycles. The fraction of sp³-hybridized carbons (Fsp3) is 0.167. The number of methoxy groups -OCH3 is 3. The van der Waals surface area contributed by atoms with E-state index in [1.165, 1.54) is 45.6 Å². The minimum Gasteiger partial charge on any atom is -0.493 e. The highest BCUT2D eigenvalue weighted by atomic mass is 19.1. The number of H-pyrrole nitrogens is 1. The molecular formula is C18H17FN2O4. The quantitative estimate of drug-likeness (QED) is 0.742. The third kappa shape index (κ3) is 2.96. The predicted molar refractivity (Wildman–Crippen MR) is 92.3 cm³/mol. The van der Waals surface area contributed by atoms with E-state index in [0.717, 1.165) is 0 Å². The van der Waals surface area contributed by atoms with Gasteiger partial charge in [0.1, 0.15) is 5.82 Å². The smallest absolute Gasteiger partial charge is 0.257 e. The summed E-state index contributed by atoms with van der Waals surface area (Å²) in [5.41, 5.74) is 1.52. The first-order valence-corrected chi connectivity index (χ1v) is 7.46. The first-order valence-electron chi connectivity index (χ1n) is 7.46. The zero-order valence-electron chi connectivity index (χ0n) is 14.0. The van der Waals surface area contributed by atoms with Gasteiger partial charge in [-0.25, -0.2) is 4.39 Å². The Bertz CT molecular complexity index is 919. The van der Waals surface area contributed by atoms with Crippen molar-refractivity contribution in [1.29, 1.82) is 0 Å². The average Bonchev–Trinajstić information content (AvgIpc) is 3.05. The summed E-state index contributed by atoms with van der Waals surface area (Å²) in [5, 5.41) is 3.30. The maximum absolute atomic E-state index is 13.0. The van der Waals surface area contributed by atoms with Gasteiger partial charge in [-0.05, 0) is 24.3 Å². The van der Waals surface area contributed by atoms with Gasteiger partial charge in [-0.2, -0.15) is 0 Å². The Kier molecular flexibility index (Phi) is 4.47. The van der Waals surface area contributed by atoms with E-state index >= 15 is 0 Å². The van der Waals surface area contributed by atoms with Crippen molar-refractivity contribution in [2.75, 3.05) is 26.6 Å². The lowest BCUT2D eigenvalue weighted by molar-refractivity contribution is 0.102. The van der Waals surface area contributed by atoms with Gasteiger partial charge in [0, 0.05) is 18.0 Å². The van der Waals surface area contributed by atoms with Crippen LogP contribution in [0.25, 0.3) is 10.9 Å². The Hall–Kier alpha value is -3.22. The van der Waals surface area contributed by atoms with Crippen LogP contribution in [-0.2, 0) is 0 Å². The second kappa shape index (κ2) is 6.72. The summed E-state index contributed by atoms with van der Waals surface area (Å²) in [5.74, 6) is 0.543. The fourth-order valence-electron chi connectivity index (χ4n) is 2.67. The van der Waals surface area contributed by atoms with Crippen molar-refractivity contribution in [2.45, 2.75) is 0 Å². The molecule has 0 aliphatic carbocycles. The number of hydrogen-bond acceptors (Lipinski definition) is 4. The second-order valence-corrected chi connectivity index (χ2v) is 5.23. The summed E-state index contributed by atoms with van der Waals surface area (Å²) in [4.78, 5) is 15.7. The van der Waals surface area contributed by atoms with Gasteiger partial charge in [0.15, 0.2) is 11.5 Å². The average molecular weight is 344 g/mol. The number of fused-ring (bicyclic) bond motifs is 1. The third-order valence-electron chi connectivity index (χ3n) is 3.82. The number of aromatic nitrogens is 1. The number of halogens is 1. The van der Waals surface area contributed by atoms with Gasteiger partial charge in [0.2, 0.25) is 5.75 Å². The molecule has 0 fully saturated rings. The van der Waals surface area contributed by atoms with Crippen LogP contribution < -0.4 is 19.5 Å². The van der Waals surface area contributed by atoms with Gasteiger partial charge >= 0.3 is 0 Å². The highest BCUT2D eigenvalue weighted by Gasteiger charge is 2.22. The van der Waals surface area contributed by atoms with Crippen molar-refractivity contribution in [3.8, 4) is 17.2 Å². The number of benzene rings is 2. The van der Waals surface area contributed by atoms with Gasteiger partial charge in [-0.1, -0.05) is 0 Å². The van der Waals surface area contributed by atoms with Crippen LogP contribution in [0.15, 0.2) is 36.5 Å². The van der Waals surface area contributed by atoms with E-state index in [9.17, 15) is 9.18 Å². The standard InChI is InChI=1S/C18H17FN2O4/c1-23-14-8-13-15(17(25-3)16(14)24-2)12(9-20-13)18(22)21-11-6-4-10(19)5-7-11/h4-9,20H,1-3H3,(H,21,22). The maximum Gasteiger partial charge on any atom is 0.257 e. The van der Waals surface area contributed by atoms with Crippen molar-refractivity contribution < 1.29 is 23.4 Å². The number of hydrogen-bond donors (Lipinski definition) is 2. The van der Waals surface area contributed by atoms with E-state index < -0.39 is 0 Å². The molecule has 0 bridgehead atoms. The van der Waals surface area contributed by atoms with Gasteiger partial charge in [0.25, 0.3) is 5.91 Å². The number of carbonyl (C=O) groups is 1. The number of anilines is 1. The van der Waals surface area contributed by atoms with Crippen LogP contribution in [0, 0.1) is 5.82 Å². The number of aromatic amines is 1. The third-order valence-corrected chi connectivity index (χ3v) is 3.82. The highest BCUT2D eigenvalue weighted by molar-refractivity contribution is 6.15. The lowest BCUT2D eigenvalue weighted by atomic mass is 10.1. The minimum absolute atomic E-state index is 0.358. The Labute approximate surface area is 143 Å². The van der Waals surface area contributed by atoms with Gasteiger partial charge in [-0.3, -0.25) is 4.79 Å². The zero-order valence-corrected chi connectivity index (χ0v) is 14.0. The van der Waals surface area contributed by atoms with Crippen LogP contribution in [0.3, 0.4) is 0 Å². The van der Waals surface area contributed by atoms with Crippen molar-refractivity contribution in [2.24, 2.45) is 0 Å². The van der Waals surface area contributed by atoms with E-state index in [1.54, 1.807) is 12.3 Å². The van der Waals surface area contributed by atoms with Crippen molar-refractivity contribution in [3.05, 3.63) is 47.9 Å². The molecule has 25 heavy (non-hydrogen) atoms. The molecule has 3 rings (SSSR count). The molecule has 2 aromatic carbocycles. The van der Waals surface area contributed by atoms with Gasteiger partial charge < -0.3 is 24.5 Å². The predicted octanol–water partition coefficient (Wildman–Crippen LogP) is 3.59. The van der Waals surface area contributed by atoms with E-state index in [4.69, 9.17) is 14.2 Å². The molecule has 0 saturated carbocycles. The summed E-state index contributed by atoms with van der Waals surface area (Å²) in [6.07, 6.45) is 1.57. The summed E-state index contributed by atoms with van der Waals surface area (Å²) in [6.45, 7) is 0. The van der Waals surface area contributed by atoms with Crippen LogP contribution in [0.4, 0.5) is 10.1 Å². The molecule has 6 nitrogen and oxygen atoms in total. The largest absolute Gasteiger partial charge is 0.493 e. The normalized spacial score (nSPS) is 10.6. The zero-order chi connectivity index (χ0) is 18.0. The summed E-state index contributed by atoms with van der Waals surface area (Å²) in [7, 11) is 4.51. The van der Waals surface area contributed by atoms with Crippen LogP contribution in [-0.4, -0.2) is 32.2 Å². The monoisotopic (exact) mass is 344 g/mol. The Morgan fingerprint density at radius 3 is 2.32 bits per heavy atom. The molecule has 0 radical (unpaired) electrons. The lowest BCUT2D eigenvalue weighted by Gasteiger charge is -2.14. The maximum atomic E-state index is 13.0. The SMILES string of the molecule is COc1cc2[nH]cc(C(=O)Nc3ccc(F)cc3)c2c(OC)c1OC. The molecule has 1 amide bonds. The van der Waals surface area contributed by atoms with E-state index in [1.807, 2.05) is 0 Å². The molecule has 1 aromatic heterocycles. The number of rotatable bonds is 5. The Morgan fingerprint density at radius 2 is 1.72 bits per heavy atom. The molecule has 2 N–H and O–H groups in total. The number of carbonyl (C=O) groups excluding carboxylic acids is 1. The van der Waals surface area contributed by atoms with Crippen molar-refractivity contribution in [1.82, 2.24) is 4.98 Å². The van der Waals surface area contributed by atoms with Crippen molar-refractivity contribution >= 4 is 22.5 Å². The minimum atomic E-state index is -0.372. The lowest BCUT2D eigenvalue weighted by Crippen LogP contribution is -2.11. The molecular weight excluding hydrogens is 327 g/mol. The number of ether oxygens (including phenoxy) is 3. The van der Waals surface area contributed by atoms with E-state index in [2.05, 4.69) is 10.3 Å². The molecule has 0 spiro atoms. The van der Waals surface area contributed by atoms with Gasteiger partial charge in [-0.15, -0.1) is 0 Å². The van der Waals surface area contributed by atoms with Crippen LogP contribution in [0.2, 0.25) is 0 Å². The molecule has 7 heteroatoms. The van der Waals surface area contributed by atoms with E-state index in [-0.39, 0.29) is 11.7 Å². The summed E-state index contributed by atoms with van der Waals surface area (Å²) in [6, 6.07) is 7.26. The number of nitrogens with one attached hydrogen (secondary N) is 2. The first kappa shape index (κ1) is 16.6. The molecule has 1 heterocycles.